The summed E-state index contributed by atoms with van der Waals surface area (Å²) in [5.41, 5.74) is 1.73. The summed E-state index contributed by atoms with van der Waals surface area (Å²) in [6.07, 6.45) is 3.60. The van der Waals surface area contributed by atoms with Crippen molar-refractivity contribution in [1.82, 2.24) is 10.6 Å². The number of nitro benzene ring substituents is 2. The average Bonchev–Trinajstić information content (AvgIpc) is 2.86. The van der Waals surface area contributed by atoms with Crippen LogP contribution in [0.2, 0.25) is 0 Å². The Hall–Kier alpha value is -3.12. The standard InChI is InChI=1S/C24H30N4O6S2/c29-23(17-35-15-19-7-5-9-21(13-19)27(31)32)25-11-3-1-2-4-12-26-24(30)18-36-16-20-8-6-10-22(14-20)28(33)34/h5-10,13-14H,1-4,11-12,15-18H2,(H,25,29)(H,26,30). The summed E-state index contributed by atoms with van der Waals surface area (Å²) in [6, 6.07) is 12.8. The molecule has 0 saturated carbocycles. The third kappa shape index (κ3) is 12.0. The number of carbonyl (C=O) groups excluding carboxylic acids is 2. The zero-order valence-corrected chi connectivity index (χ0v) is 21.5. The lowest BCUT2D eigenvalue weighted by molar-refractivity contribution is -0.385. The molecule has 0 saturated heterocycles. The van der Waals surface area contributed by atoms with E-state index in [0.29, 0.717) is 36.1 Å². The number of carbonyl (C=O) groups is 2. The van der Waals surface area contributed by atoms with Crippen LogP contribution in [-0.4, -0.2) is 46.3 Å². The first-order valence-corrected chi connectivity index (χ1v) is 13.8. The molecular weight excluding hydrogens is 504 g/mol. The van der Waals surface area contributed by atoms with Crippen molar-refractivity contribution in [3.05, 3.63) is 79.9 Å². The van der Waals surface area contributed by atoms with E-state index in [1.165, 1.54) is 47.8 Å². The minimum atomic E-state index is -0.431. The quantitative estimate of drug-likeness (QED) is 0.172. The number of hydrogen-bond donors (Lipinski definition) is 2. The minimum Gasteiger partial charge on any atom is -0.355 e. The maximum atomic E-state index is 11.9. The molecular formula is C24H30N4O6S2. The molecule has 0 fully saturated rings. The SMILES string of the molecule is O=C(CSCc1cccc([N+](=O)[O-])c1)NCCCCCCNC(=O)CSCc1cccc([N+](=O)[O-])c1. The van der Waals surface area contributed by atoms with Gasteiger partial charge in [0.2, 0.25) is 11.8 Å². The van der Waals surface area contributed by atoms with Gasteiger partial charge in [0.25, 0.3) is 11.4 Å². The molecule has 2 aromatic carbocycles. The lowest BCUT2D eigenvalue weighted by atomic mass is 10.2. The minimum absolute atomic E-state index is 0.0501. The van der Waals surface area contributed by atoms with E-state index in [1.807, 2.05) is 0 Å². The Kier molecular flexibility index (Phi) is 13.4. The molecule has 0 aliphatic heterocycles. The van der Waals surface area contributed by atoms with Gasteiger partial charge in [0.05, 0.1) is 21.4 Å². The highest BCUT2D eigenvalue weighted by molar-refractivity contribution is 7.99. The Morgan fingerprint density at radius 3 is 1.50 bits per heavy atom. The largest absolute Gasteiger partial charge is 0.355 e. The van der Waals surface area contributed by atoms with Gasteiger partial charge in [-0.05, 0) is 24.0 Å². The van der Waals surface area contributed by atoms with Crippen LogP contribution in [-0.2, 0) is 21.1 Å². The van der Waals surface area contributed by atoms with E-state index in [9.17, 15) is 29.8 Å². The Morgan fingerprint density at radius 1 is 0.694 bits per heavy atom. The molecule has 0 unspecified atom stereocenters. The van der Waals surface area contributed by atoms with Gasteiger partial charge in [0.15, 0.2) is 0 Å². The number of non-ortho nitro benzene ring substituents is 2. The molecule has 2 rings (SSSR count). The number of rotatable bonds is 17. The fourth-order valence-electron chi connectivity index (χ4n) is 3.20. The zero-order valence-electron chi connectivity index (χ0n) is 19.9. The second-order valence-corrected chi connectivity index (χ2v) is 9.92. The number of nitro groups is 2. The topological polar surface area (TPSA) is 144 Å². The van der Waals surface area contributed by atoms with Crippen molar-refractivity contribution in [2.75, 3.05) is 24.6 Å². The average molecular weight is 535 g/mol. The molecule has 0 spiro atoms. The van der Waals surface area contributed by atoms with Gasteiger partial charge in [0.1, 0.15) is 0 Å². The first-order chi connectivity index (χ1) is 17.3. The second kappa shape index (κ2) is 16.5. The van der Waals surface area contributed by atoms with Crippen molar-refractivity contribution in [2.45, 2.75) is 37.2 Å². The van der Waals surface area contributed by atoms with E-state index < -0.39 is 9.85 Å². The molecule has 0 radical (unpaired) electrons. The van der Waals surface area contributed by atoms with Gasteiger partial charge in [-0.3, -0.25) is 29.8 Å². The lowest BCUT2D eigenvalue weighted by Gasteiger charge is -2.07. The number of nitrogens with one attached hydrogen (secondary N) is 2. The molecule has 0 aliphatic carbocycles. The van der Waals surface area contributed by atoms with E-state index in [-0.39, 0.29) is 23.2 Å². The van der Waals surface area contributed by atoms with Crippen LogP contribution in [0.15, 0.2) is 48.5 Å². The Bertz CT molecular complexity index is 956. The van der Waals surface area contributed by atoms with Gasteiger partial charge in [-0.25, -0.2) is 0 Å². The van der Waals surface area contributed by atoms with E-state index in [0.717, 1.165) is 36.8 Å². The monoisotopic (exact) mass is 534 g/mol. The van der Waals surface area contributed by atoms with E-state index in [2.05, 4.69) is 10.6 Å². The molecule has 10 nitrogen and oxygen atoms in total. The molecule has 2 amide bonds. The van der Waals surface area contributed by atoms with Crippen LogP contribution in [0.25, 0.3) is 0 Å². The molecule has 12 heteroatoms. The van der Waals surface area contributed by atoms with Crippen LogP contribution in [0.3, 0.4) is 0 Å². The van der Waals surface area contributed by atoms with Crippen LogP contribution in [0.4, 0.5) is 11.4 Å². The van der Waals surface area contributed by atoms with E-state index >= 15 is 0 Å². The highest BCUT2D eigenvalue weighted by atomic mass is 32.2. The van der Waals surface area contributed by atoms with E-state index in [4.69, 9.17) is 0 Å². The first-order valence-electron chi connectivity index (χ1n) is 11.5. The smallest absolute Gasteiger partial charge is 0.269 e. The van der Waals surface area contributed by atoms with Gasteiger partial charge >= 0.3 is 0 Å². The normalized spacial score (nSPS) is 10.6. The van der Waals surface area contributed by atoms with Crippen LogP contribution in [0.1, 0.15) is 36.8 Å². The van der Waals surface area contributed by atoms with Crippen LogP contribution in [0.5, 0.6) is 0 Å². The number of nitrogens with zero attached hydrogens (tertiary/aromatic N) is 2. The van der Waals surface area contributed by atoms with Crippen LogP contribution >= 0.6 is 23.5 Å². The number of thioether (sulfide) groups is 2. The summed E-state index contributed by atoms with van der Waals surface area (Å²) in [7, 11) is 0. The summed E-state index contributed by atoms with van der Waals surface area (Å²) >= 11 is 2.83. The number of unbranched alkanes of at least 4 members (excludes halogenated alkanes) is 3. The molecule has 0 heterocycles. The predicted molar refractivity (Wildman–Crippen MR) is 143 cm³/mol. The van der Waals surface area contributed by atoms with Gasteiger partial charge in [-0.2, -0.15) is 0 Å². The van der Waals surface area contributed by atoms with Crippen LogP contribution in [0, 0.1) is 20.2 Å². The molecule has 2 aromatic rings. The number of benzene rings is 2. The molecule has 0 aromatic heterocycles. The fourth-order valence-corrected chi connectivity index (χ4v) is 4.81. The molecule has 36 heavy (non-hydrogen) atoms. The molecule has 0 bridgehead atoms. The maximum Gasteiger partial charge on any atom is 0.269 e. The van der Waals surface area contributed by atoms with Crippen molar-refractivity contribution >= 4 is 46.7 Å². The maximum absolute atomic E-state index is 11.9. The van der Waals surface area contributed by atoms with E-state index in [1.54, 1.807) is 24.3 Å². The highest BCUT2D eigenvalue weighted by Gasteiger charge is 2.08. The Balaban J connectivity index is 1.43. The van der Waals surface area contributed by atoms with Crippen molar-refractivity contribution in [3.8, 4) is 0 Å². The zero-order chi connectivity index (χ0) is 26.2. The highest BCUT2D eigenvalue weighted by Crippen LogP contribution is 2.19. The van der Waals surface area contributed by atoms with Gasteiger partial charge in [-0.15, -0.1) is 23.5 Å². The van der Waals surface area contributed by atoms with Crippen molar-refractivity contribution < 1.29 is 19.4 Å². The first kappa shape index (κ1) is 29.1. The summed E-state index contributed by atoms with van der Waals surface area (Å²) < 4.78 is 0. The second-order valence-electron chi connectivity index (χ2n) is 7.95. The molecule has 194 valence electrons. The molecule has 0 atom stereocenters. The van der Waals surface area contributed by atoms with Gasteiger partial charge in [-0.1, -0.05) is 37.1 Å². The Labute approximate surface area is 218 Å². The molecule has 0 aliphatic rings. The van der Waals surface area contributed by atoms with Gasteiger partial charge < -0.3 is 10.6 Å². The third-order valence-corrected chi connectivity index (χ3v) is 7.00. The number of amides is 2. The van der Waals surface area contributed by atoms with Crippen molar-refractivity contribution in [1.29, 1.82) is 0 Å². The summed E-state index contributed by atoms with van der Waals surface area (Å²) in [4.78, 5) is 44.6. The van der Waals surface area contributed by atoms with Crippen molar-refractivity contribution in [2.24, 2.45) is 0 Å². The lowest BCUT2D eigenvalue weighted by Crippen LogP contribution is -2.27. The van der Waals surface area contributed by atoms with Crippen LogP contribution < -0.4 is 10.6 Å². The van der Waals surface area contributed by atoms with Crippen molar-refractivity contribution in [3.63, 3.8) is 0 Å². The number of hydrogen-bond acceptors (Lipinski definition) is 8. The summed E-state index contributed by atoms with van der Waals surface area (Å²) in [6.45, 7) is 1.19. The third-order valence-electron chi connectivity index (χ3n) is 4.99. The summed E-state index contributed by atoms with van der Waals surface area (Å²) in [5, 5.41) is 27.4. The van der Waals surface area contributed by atoms with Gasteiger partial charge in [0, 0.05) is 48.9 Å². The predicted octanol–water partition coefficient (Wildman–Crippen LogP) is 4.46. The summed E-state index contributed by atoms with van der Waals surface area (Å²) in [5.74, 6) is 1.56. The Morgan fingerprint density at radius 2 is 1.11 bits per heavy atom. The molecule has 2 N–H and O–H groups in total. The fraction of sp³-hybridized carbons (Fsp3) is 0.417.